The minimum Gasteiger partial charge on any atom is -0.493 e. The van der Waals surface area contributed by atoms with Crippen molar-refractivity contribution in [1.29, 1.82) is 0 Å². The van der Waals surface area contributed by atoms with Crippen LogP contribution in [0, 0.1) is 13.8 Å². The lowest BCUT2D eigenvalue weighted by Crippen LogP contribution is -2.52. The fraction of sp³-hybridized carbons (Fsp3) is 0.424. The number of carbonyl (C=O) groups is 1. The first kappa shape index (κ1) is 30.8. The van der Waals surface area contributed by atoms with Crippen LogP contribution in [0.15, 0.2) is 54.6 Å². The van der Waals surface area contributed by atoms with Crippen LogP contribution in [-0.2, 0) is 17.9 Å². The minimum absolute atomic E-state index is 0.241. The van der Waals surface area contributed by atoms with E-state index in [-0.39, 0.29) is 6.54 Å². The normalized spacial score (nSPS) is 15.0. The molecule has 0 radical (unpaired) electrons. The second-order valence-electron chi connectivity index (χ2n) is 11.0. The Morgan fingerprint density at radius 2 is 1.71 bits per heavy atom. The van der Waals surface area contributed by atoms with Crippen molar-refractivity contribution >= 4 is 17.6 Å². The second-order valence-corrected chi connectivity index (χ2v) is 11.4. The van der Waals surface area contributed by atoms with Crippen molar-refractivity contribution in [3.63, 3.8) is 0 Å². The standard InChI is InChI=1S/C33H41ClN2O5/c1-23-26(21-41-31-14-13-25(19-29(31)34)20-35-33(3,22-37)32(38)39)9-6-10-27(23)28-11-7-12-30(24(28)2)40-18-8-17-36-15-4-5-16-36/h6-7,9-14,19,35,37H,4-5,8,15-18,20-22H2,1-3H3,(H,38,39). The molecule has 41 heavy (non-hydrogen) atoms. The molecule has 1 unspecified atom stereocenters. The monoisotopic (exact) mass is 580 g/mol. The summed E-state index contributed by atoms with van der Waals surface area (Å²) in [5.74, 6) is 0.351. The van der Waals surface area contributed by atoms with E-state index in [0.29, 0.717) is 24.0 Å². The van der Waals surface area contributed by atoms with E-state index in [1.807, 2.05) is 18.2 Å². The summed E-state index contributed by atoms with van der Waals surface area (Å²) in [5, 5.41) is 22.1. The lowest BCUT2D eigenvalue weighted by molar-refractivity contribution is -0.145. The summed E-state index contributed by atoms with van der Waals surface area (Å²) < 4.78 is 12.3. The zero-order valence-electron chi connectivity index (χ0n) is 24.2. The van der Waals surface area contributed by atoms with Crippen molar-refractivity contribution in [3.8, 4) is 22.6 Å². The van der Waals surface area contributed by atoms with E-state index in [1.54, 1.807) is 12.1 Å². The Balaban J connectivity index is 1.39. The number of nitrogens with zero attached hydrogens (tertiary/aromatic N) is 1. The fourth-order valence-corrected chi connectivity index (χ4v) is 5.35. The number of nitrogens with one attached hydrogen (secondary N) is 1. The van der Waals surface area contributed by atoms with E-state index in [2.05, 4.69) is 48.3 Å². The van der Waals surface area contributed by atoms with Crippen LogP contribution in [0.5, 0.6) is 11.5 Å². The summed E-state index contributed by atoms with van der Waals surface area (Å²) in [7, 11) is 0. The van der Waals surface area contributed by atoms with Gasteiger partial charge in [-0.15, -0.1) is 0 Å². The third-order valence-corrected chi connectivity index (χ3v) is 8.24. The number of halogens is 1. The van der Waals surface area contributed by atoms with Gasteiger partial charge >= 0.3 is 5.97 Å². The predicted molar refractivity (Wildman–Crippen MR) is 163 cm³/mol. The van der Waals surface area contributed by atoms with E-state index in [1.165, 1.54) is 32.9 Å². The molecule has 220 valence electrons. The van der Waals surface area contributed by atoms with Gasteiger partial charge < -0.3 is 24.6 Å². The van der Waals surface area contributed by atoms with Crippen molar-refractivity contribution in [1.82, 2.24) is 10.2 Å². The number of hydrogen-bond acceptors (Lipinski definition) is 6. The molecular formula is C33H41ClN2O5. The lowest BCUT2D eigenvalue weighted by atomic mass is 9.93. The maximum Gasteiger partial charge on any atom is 0.326 e. The summed E-state index contributed by atoms with van der Waals surface area (Å²) in [4.78, 5) is 13.9. The highest BCUT2D eigenvalue weighted by atomic mass is 35.5. The van der Waals surface area contributed by atoms with E-state index < -0.39 is 18.1 Å². The molecule has 1 heterocycles. The molecular weight excluding hydrogens is 540 g/mol. The summed E-state index contributed by atoms with van der Waals surface area (Å²) in [6.07, 6.45) is 3.65. The third kappa shape index (κ3) is 7.80. The molecule has 0 amide bonds. The number of hydrogen-bond donors (Lipinski definition) is 3. The van der Waals surface area contributed by atoms with Crippen LogP contribution in [-0.4, -0.2) is 59.5 Å². The summed E-state index contributed by atoms with van der Waals surface area (Å²) in [5.41, 5.74) is 4.96. The summed E-state index contributed by atoms with van der Waals surface area (Å²) in [6, 6.07) is 17.8. The Bertz CT molecular complexity index is 1340. The molecule has 3 aromatic carbocycles. The van der Waals surface area contributed by atoms with E-state index in [4.69, 9.17) is 21.1 Å². The Kier molecular flexibility index (Phi) is 10.7. The SMILES string of the molecule is Cc1c(COc2ccc(CNC(C)(CO)C(=O)O)cc2Cl)cccc1-c1cccc(OCCCN2CCCC2)c1C. The van der Waals surface area contributed by atoms with Crippen LogP contribution in [0.2, 0.25) is 5.02 Å². The number of aliphatic hydroxyl groups is 1. The molecule has 1 aliphatic heterocycles. The average molecular weight is 581 g/mol. The molecule has 1 saturated heterocycles. The number of aliphatic hydroxyl groups excluding tert-OH is 1. The van der Waals surface area contributed by atoms with Crippen molar-refractivity contribution in [2.45, 2.75) is 58.7 Å². The number of likely N-dealkylation sites (tertiary alicyclic amines) is 1. The van der Waals surface area contributed by atoms with Crippen LogP contribution >= 0.6 is 11.6 Å². The molecule has 0 saturated carbocycles. The van der Waals surface area contributed by atoms with Gasteiger partial charge in [0.05, 0.1) is 18.2 Å². The lowest BCUT2D eigenvalue weighted by Gasteiger charge is -2.23. The Labute approximate surface area is 248 Å². The highest BCUT2D eigenvalue weighted by Crippen LogP contribution is 2.34. The van der Waals surface area contributed by atoms with E-state index in [0.717, 1.165) is 52.1 Å². The molecule has 0 aliphatic carbocycles. The van der Waals surface area contributed by atoms with Crippen LogP contribution in [0.4, 0.5) is 0 Å². The largest absolute Gasteiger partial charge is 0.493 e. The molecule has 1 fully saturated rings. The number of ether oxygens (including phenoxy) is 2. The number of carboxylic acids is 1. The van der Waals surface area contributed by atoms with E-state index in [9.17, 15) is 15.0 Å². The number of benzene rings is 3. The number of carboxylic acid groups (broad SMARTS) is 1. The molecule has 0 bridgehead atoms. The molecule has 8 heteroatoms. The van der Waals surface area contributed by atoms with Gasteiger partial charge in [-0.3, -0.25) is 10.1 Å². The molecule has 0 spiro atoms. The van der Waals surface area contributed by atoms with Crippen LogP contribution in [0.25, 0.3) is 11.1 Å². The maximum atomic E-state index is 11.4. The smallest absolute Gasteiger partial charge is 0.326 e. The van der Waals surface area contributed by atoms with Gasteiger partial charge in [0.1, 0.15) is 23.6 Å². The van der Waals surface area contributed by atoms with Gasteiger partial charge in [0, 0.05) is 13.1 Å². The molecule has 1 aliphatic rings. The van der Waals surface area contributed by atoms with Crippen LogP contribution in [0.3, 0.4) is 0 Å². The Morgan fingerprint density at radius 3 is 2.39 bits per heavy atom. The quantitative estimate of drug-likeness (QED) is 0.202. The van der Waals surface area contributed by atoms with Crippen LogP contribution < -0.4 is 14.8 Å². The molecule has 1 atom stereocenters. The first-order valence-electron chi connectivity index (χ1n) is 14.3. The fourth-order valence-electron chi connectivity index (χ4n) is 5.09. The van der Waals surface area contributed by atoms with Gasteiger partial charge in [-0.25, -0.2) is 0 Å². The van der Waals surface area contributed by atoms with Crippen LogP contribution in [0.1, 0.15) is 48.4 Å². The summed E-state index contributed by atoms with van der Waals surface area (Å²) >= 11 is 6.50. The van der Waals surface area contributed by atoms with Gasteiger partial charge in [-0.1, -0.05) is 48.0 Å². The summed E-state index contributed by atoms with van der Waals surface area (Å²) in [6.45, 7) is 9.95. The Hall–Kier alpha value is -3.10. The van der Waals surface area contributed by atoms with Crippen molar-refractivity contribution < 1.29 is 24.5 Å². The zero-order valence-corrected chi connectivity index (χ0v) is 25.0. The molecule has 3 aromatic rings. The van der Waals surface area contributed by atoms with Gasteiger partial charge in [0.25, 0.3) is 0 Å². The first-order valence-corrected chi connectivity index (χ1v) is 14.6. The van der Waals surface area contributed by atoms with Gasteiger partial charge in [0.2, 0.25) is 0 Å². The molecule has 4 rings (SSSR count). The Morgan fingerprint density at radius 1 is 1.00 bits per heavy atom. The number of aliphatic carboxylic acids is 1. The second kappa shape index (κ2) is 14.2. The third-order valence-electron chi connectivity index (χ3n) is 7.95. The molecule has 0 aromatic heterocycles. The number of rotatable bonds is 14. The van der Waals surface area contributed by atoms with Crippen molar-refractivity contribution in [2.24, 2.45) is 0 Å². The average Bonchev–Trinajstić information content (AvgIpc) is 3.49. The predicted octanol–water partition coefficient (Wildman–Crippen LogP) is 5.99. The van der Waals surface area contributed by atoms with Gasteiger partial charge in [-0.2, -0.15) is 0 Å². The maximum absolute atomic E-state index is 11.4. The zero-order chi connectivity index (χ0) is 29.4. The van der Waals surface area contributed by atoms with Crippen molar-refractivity contribution in [3.05, 3.63) is 81.9 Å². The van der Waals surface area contributed by atoms with Gasteiger partial charge in [0.15, 0.2) is 0 Å². The molecule has 7 nitrogen and oxygen atoms in total. The minimum atomic E-state index is -1.43. The highest BCUT2D eigenvalue weighted by molar-refractivity contribution is 6.32. The topological polar surface area (TPSA) is 91.3 Å². The highest BCUT2D eigenvalue weighted by Gasteiger charge is 2.31. The first-order chi connectivity index (χ1) is 19.7. The molecule has 3 N–H and O–H groups in total. The van der Waals surface area contributed by atoms with Gasteiger partial charge in [-0.05, 0) is 105 Å². The van der Waals surface area contributed by atoms with Crippen molar-refractivity contribution in [2.75, 3.05) is 32.8 Å². The van der Waals surface area contributed by atoms with E-state index >= 15 is 0 Å².